The van der Waals surface area contributed by atoms with E-state index in [2.05, 4.69) is 27.4 Å². The predicted octanol–water partition coefficient (Wildman–Crippen LogP) is 2.52. The second-order valence-corrected chi connectivity index (χ2v) is 8.57. The lowest BCUT2D eigenvalue weighted by molar-refractivity contribution is -0.193. The van der Waals surface area contributed by atoms with Crippen molar-refractivity contribution in [2.45, 2.75) is 44.8 Å². The van der Waals surface area contributed by atoms with E-state index in [1.807, 2.05) is 23.4 Å². The number of halogens is 6. The van der Waals surface area contributed by atoms with Gasteiger partial charge in [0.2, 0.25) is 5.91 Å². The molecule has 11 nitrogen and oxygen atoms in total. The van der Waals surface area contributed by atoms with Crippen molar-refractivity contribution in [1.29, 1.82) is 0 Å². The Morgan fingerprint density at radius 3 is 2.08 bits per heavy atom. The highest BCUT2D eigenvalue weighted by atomic mass is 19.4. The summed E-state index contributed by atoms with van der Waals surface area (Å²) in [6.07, 6.45) is -4.03. The first-order chi connectivity index (χ1) is 18.6. The van der Waals surface area contributed by atoms with E-state index in [0.717, 1.165) is 31.2 Å². The highest BCUT2D eigenvalue weighted by molar-refractivity contribution is 5.78. The molecule has 1 atom stereocenters. The molecule has 17 heteroatoms. The summed E-state index contributed by atoms with van der Waals surface area (Å²) >= 11 is 0. The number of pyridine rings is 1. The predicted molar refractivity (Wildman–Crippen MR) is 124 cm³/mol. The van der Waals surface area contributed by atoms with Gasteiger partial charge in [0.05, 0.1) is 31.4 Å². The van der Waals surface area contributed by atoms with E-state index >= 15 is 0 Å². The van der Waals surface area contributed by atoms with Gasteiger partial charge in [0.15, 0.2) is 0 Å². The number of hydrogen-bond acceptors (Lipinski definition) is 7. The molecule has 0 bridgehead atoms. The molecular weight excluding hydrogens is 556 g/mol. The van der Waals surface area contributed by atoms with Gasteiger partial charge < -0.3 is 24.4 Å². The molecule has 40 heavy (non-hydrogen) atoms. The summed E-state index contributed by atoms with van der Waals surface area (Å²) < 4.78 is 71.0. The number of rotatable bonds is 4. The number of carboxylic acid groups (broad SMARTS) is 2. The van der Waals surface area contributed by atoms with Gasteiger partial charge >= 0.3 is 24.3 Å². The number of hydrogen-bond donors (Lipinski definition) is 2. The van der Waals surface area contributed by atoms with Crippen molar-refractivity contribution in [1.82, 2.24) is 24.3 Å². The number of carbonyl (C=O) groups is 3. The maximum absolute atomic E-state index is 12.5. The van der Waals surface area contributed by atoms with Crippen molar-refractivity contribution >= 4 is 17.8 Å². The van der Waals surface area contributed by atoms with Gasteiger partial charge in [-0.1, -0.05) is 6.07 Å². The number of alkyl halides is 6. The topological polar surface area (TPSA) is 138 Å². The highest BCUT2D eigenvalue weighted by Gasteiger charge is 2.39. The normalized spacial score (nSPS) is 17.5. The molecular formula is C23H27F6N5O6. The third-order valence-electron chi connectivity index (χ3n) is 5.70. The molecule has 2 N–H and O–H groups in total. The van der Waals surface area contributed by atoms with Crippen LogP contribution in [0.3, 0.4) is 0 Å². The van der Waals surface area contributed by atoms with E-state index in [-0.39, 0.29) is 11.9 Å². The molecule has 222 valence electrons. The summed E-state index contributed by atoms with van der Waals surface area (Å²) in [4.78, 5) is 43.5. The standard InChI is InChI=1S/C19H25N5O2.2C2HF3O2/c1-15-19-21-17(11-18(25)22-7-9-26-10-8-22)14-24(19)6-5-23(15)13-16-3-2-4-20-12-16;2*3-2(4,5)1(6)7/h2-4,12,14-15H,5-11,13H2,1H3;2*(H,6,7). The molecule has 0 saturated carbocycles. The van der Waals surface area contributed by atoms with Crippen molar-refractivity contribution in [3.8, 4) is 0 Å². The fourth-order valence-corrected chi connectivity index (χ4v) is 3.70. The van der Waals surface area contributed by atoms with E-state index < -0.39 is 24.3 Å². The summed E-state index contributed by atoms with van der Waals surface area (Å²) in [5.74, 6) is -4.33. The second kappa shape index (κ2) is 14.1. The summed E-state index contributed by atoms with van der Waals surface area (Å²) in [5.41, 5.74) is 2.08. The van der Waals surface area contributed by atoms with E-state index in [1.165, 1.54) is 5.56 Å². The summed E-state index contributed by atoms with van der Waals surface area (Å²) in [5, 5.41) is 14.2. The van der Waals surface area contributed by atoms with Crippen LogP contribution in [0, 0.1) is 0 Å². The number of carbonyl (C=O) groups excluding carboxylic acids is 1. The zero-order valence-electron chi connectivity index (χ0n) is 21.2. The summed E-state index contributed by atoms with van der Waals surface area (Å²) in [7, 11) is 0. The van der Waals surface area contributed by atoms with E-state index in [0.29, 0.717) is 32.7 Å². The molecule has 0 spiro atoms. The minimum Gasteiger partial charge on any atom is -0.475 e. The zero-order chi connectivity index (χ0) is 30.1. The Morgan fingerprint density at radius 2 is 1.57 bits per heavy atom. The van der Waals surface area contributed by atoms with Crippen LogP contribution < -0.4 is 0 Å². The van der Waals surface area contributed by atoms with Gasteiger partial charge in [-0.2, -0.15) is 26.3 Å². The minimum absolute atomic E-state index is 0.142. The Morgan fingerprint density at radius 1 is 1.00 bits per heavy atom. The highest BCUT2D eigenvalue weighted by Crippen LogP contribution is 2.26. The van der Waals surface area contributed by atoms with Crippen molar-refractivity contribution in [2.75, 3.05) is 32.8 Å². The Bertz CT molecular complexity index is 1110. The molecule has 0 radical (unpaired) electrons. The van der Waals surface area contributed by atoms with Crippen LogP contribution in [0.2, 0.25) is 0 Å². The molecule has 2 aromatic heterocycles. The molecule has 0 aliphatic carbocycles. The quantitative estimate of drug-likeness (QED) is 0.520. The second-order valence-electron chi connectivity index (χ2n) is 8.57. The number of nitrogens with zero attached hydrogens (tertiary/aromatic N) is 5. The summed E-state index contributed by atoms with van der Waals surface area (Å²) in [6, 6.07) is 4.30. The van der Waals surface area contributed by atoms with E-state index in [4.69, 9.17) is 29.5 Å². The first-order valence-corrected chi connectivity index (χ1v) is 11.7. The third-order valence-corrected chi connectivity index (χ3v) is 5.70. The Balaban J connectivity index is 0.000000333. The lowest BCUT2D eigenvalue weighted by Gasteiger charge is -2.33. The smallest absolute Gasteiger partial charge is 0.475 e. The average Bonchev–Trinajstić information content (AvgIpc) is 3.30. The van der Waals surface area contributed by atoms with Crippen LogP contribution in [0.25, 0.3) is 0 Å². The van der Waals surface area contributed by atoms with E-state index in [9.17, 15) is 31.1 Å². The Hall–Kier alpha value is -3.73. The van der Waals surface area contributed by atoms with E-state index in [1.54, 1.807) is 6.20 Å². The van der Waals surface area contributed by atoms with Gasteiger partial charge in [0.1, 0.15) is 5.82 Å². The fourth-order valence-electron chi connectivity index (χ4n) is 3.70. The van der Waals surface area contributed by atoms with Crippen molar-refractivity contribution in [3.63, 3.8) is 0 Å². The minimum atomic E-state index is -5.08. The van der Waals surface area contributed by atoms with Crippen LogP contribution in [0.15, 0.2) is 30.7 Å². The lowest BCUT2D eigenvalue weighted by atomic mass is 10.1. The molecule has 1 fully saturated rings. The molecule has 1 saturated heterocycles. The van der Waals surface area contributed by atoms with Crippen LogP contribution in [0.1, 0.15) is 30.0 Å². The van der Waals surface area contributed by atoms with Gasteiger partial charge in [-0.05, 0) is 18.6 Å². The zero-order valence-corrected chi connectivity index (χ0v) is 21.2. The van der Waals surface area contributed by atoms with Crippen LogP contribution in [0.4, 0.5) is 26.3 Å². The molecule has 2 aliphatic rings. The number of carboxylic acids is 2. The monoisotopic (exact) mass is 583 g/mol. The maximum Gasteiger partial charge on any atom is 0.490 e. The molecule has 2 aliphatic heterocycles. The summed E-state index contributed by atoms with van der Waals surface area (Å²) in [6.45, 7) is 7.54. The Kier molecular flexibility index (Phi) is 11.4. The number of aliphatic carboxylic acids is 2. The van der Waals surface area contributed by atoms with Crippen LogP contribution in [0.5, 0.6) is 0 Å². The number of ether oxygens (including phenoxy) is 1. The molecule has 4 heterocycles. The first-order valence-electron chi connectivity index (χ1n) is 11.7. The van der Waals surface area contributed by atoms with Crippen molar-refractivity contribution in [2.24, 2.45) is 0 Å². The van der Waals surface area contributed by atoms with Gasteiger partial charge in [-0.3, -0.25) is 14.7 Å². The van der Waals surface area contributed by atoms with Gasteiger partial charge in [0, 0.05) is 51.3 Å². The Labute approximate surface area is 224 Å². The lowest BCUT2D eigenvalue weighted by Crippen LogP contribution is -2.41. The van der Waals surface area contributed by atoms with Gasteiger partial charge in [-0.25, -0.2) is 14.6 Å². The van der Waals surface area contributed by atoms with Gasteiger partial charge in [-0.15, -0.1) is 0 Å². The average molecular weight is 583 g/mol. The first kappa shape index (κ1) is 32.5. The largest absolute Gasteiger partial charge is 0.490 e. The number of morpholine rings is 1. The van der Waals surface area contributed by atoms with Crippen LogP contribution in [-0.4, -0.2) is 97.6 Å². The third kappa shape index (κ3) is 10.1. The van der Waals surface area contributed by atoms with Crippen LogP contribution in [-0.2, 0) is 38.6 Å². The van der Waals surface area contributed by atoms with Crippen LogP contribution >= 0.6 is 0 Å². The maximum atomic E-state index is 12.5. The van der Waals surface area contributed by atoms with Crippen molar-refractivity contribution in [3.05, 3.63) is 47.8 Å². The van der Waals surface area contributed by atoms with Gasteiger partial charge in [0.25, 0.3) is 0 Å². The molecule has 2 aromatic rings. The molecule has 4 rings (SSSR count). The number of fused-ring (bicyclic) bond motifs is 1. The molecule has 0 aromatic carbocycles. The SMILES string of the molecule is CC1c2nc(CC(=O)N3CCOCC3)cn2CCN1Cc1cccnc1.O=C(O)C(F)(F)F.O=C(O)C(F)(F)F. The molecule has 1 amide bonds. The number of amides is 1. The number of imidazole rings is 1. The fraction of sp³-hybridized carbons (Fsp3) is 0.522. The molecule has 1 unspecified atom stereocenters. The number of aromatic nitrogens is 3. The van der Waals surface area contributed by atoms with Crippen molar-refractivity contribution < 1.29 is 55.7 Å².